The van der Waals surface area contributed by atoms with E-state index in [0.29, 0.717) is 31.1 Å². The van der Waals surface area contributed by atoms with E-state index in [9.17, 15) is 32.7 Å². The predicted octanol–water partition coefficient (Wildman–Crippen LogP) is 1.91. The second kappa shape index (κ2) is 6.60. The van der Waals surface area contributed by atoms with Crippen LogP contribution in [0.4, 0.5) is 13.2 Å². The predicted molar refractivity (Wildman–Crippen MR) is 101 cm³/mol. The number of nitrogens with one attached hydrogen (secondary N) is 1. The number of hydrogen-bond donors (Lipinski definition) is 2. The highest BCUT2D eigenvalue weighted by Gasteiger charge is 2.56. The summed E-state index contributed by atoms with van der Waals surface area (Å²) in [4.78, 5) is 39.8. The zero-order chi connectivity index (χ0) is 22.1. The van der Waals surface area contributed by atoms with Crippen LogP contribution in [0, 0.1) is 23.4 Å². The number of amides is 2. The fraction of sp³-hybridized carbons (Fsp3) is 0.381. The molecule has 1 unspecified atom stereocenters. The maximum atomic E-state index is 13.8. The average Bonchev–Trinajstić information content (AvgIpc) is 3.27. The van der Waals surface area contributed by atoms with E-state index in [4.69, 9.17) is 0 Å². The molecule has 2 atom stereocenters. The van der Waals surface area contributed by atoms with Crippen molar-refractivity contribution in [2.75, 3.05) is 6.54 Å². The van der Waals surface area contributed by atoms with Crippen molar-refractivity contribution < 1.29 is 27.9 Å². The van der Waals surface area contributed by atoms with Crippen molar-refractivity contribution >= 4 is 11.8 Å². The quantitative estimate of drug-likeness (QED) is 0.774. The average molecular weight is 433 g/mol. The van der Waals surface area contributed by atoms with E-state index in [1.165, 1.54) is 10.8 Å². The van der Waals surface area contributed by atoms with Crippen molar-refractivity contribution in [1.82, 2.24) is 14.8 Å². The molecule has 1 aromatic carbocycles. The minimum atomic E-state index is -1.18. The zero-order valence-corrected chi connectivity index (χ0v) is 16.3. The van der Waals surface area contributed by atoms with E-state index in [2.05, 4.69) is 5.32 Å². The SMILES string of the molecule is O=C(NCc1c(F)cc(F)cc1F)c1cn2c(c(O)c1=O)C(=O)N1C[C@@H]3CCC1(C3)C2. The normalized spacial score (nSPS) is 23.6. The number of halogens is 3. The number of nitrogens with zero attached hydrogens (tertiary/aromatic N) is 2. The van der Waals surface area contributed by atoms with Gasteiger partial charge in [-0.05, 0) is 25.2 Å². The second-order valence-corrected chi connectivity index (χ2v) is 8.48. The fourth-order valence-electron chi connectivity index (χ4n) is 5.20. The number of fused-ring (bicyclic) bond motifs is 2. The molecule has 2 fully saturated rings. The highest BCUT2D eigenvalue weighted by Crippen LogP contribution is 2.50. The van der Waals surface area contributed by atoms with Crippen molar-refractivity contribution in [2.24, 2.45) is 5.92 Å². The lowest BCUT2D eigenvalue weighted by Gasteiger charge is -2.44. The van der Waals surface area contributed by atoms with Crippen LogP contribution in [0.5, 0.6) is 5.75 Å². The first-order valence-electron chi connectivity index (χ1n) is 9.90. The molecule has 5 rings (SSSR count). The Balaban J connectivity index is 1.46. The van der Waals surface area contributed by atoms with Crippen molar-refractivity contribution in [1.29, 1.82) is 0 Å². The molecule has 2 N–H and O–H groups in total. The van der Waals surface area contributed by atoms with E-state index < -0.39 is 58.1 Å². The first-order chi connectivity index (χ1) is 14.7. The van der Waals surface area contributed by atoms with E-state index in [0.717, 1.165) is 19.3 Å². The minimum absolute atomic E-state index is 0.157. The van der Waals surface area contributed by atoms with Gasteiger partial charge in [-0.2, -0.15) is 0 Å². The molecule has 2 bridgehead atoms. The van der Waals surface area contributed by atoms with Gasteiger partial charge in [0.1, 0.15) is 23.0 Å². The Hall–Kier alpha value is -3.30. The third kappa shape index (κ3) is 2.84. The number of piperidine rings is 1. The maximum Gasteiger partial charge on any atom is 0.275 e. The molecule has 3 aliphatic rings. The van der Waals surface area contributed by atoms with Gasteiger partial charge in [-0.25, -0.2) is 13.2 Å². The molecule has 2 amide bonds. The Bertz CT molecular complexity index is 1190. The van der Waals surface area contributed by atoms with Crippen LogP contribution in [0.25, 0.3) is 0 Å². The summed E-state index contributed by atoms with van der Waals surface area (Å²) < 4.78 is 42.1. The van der Waals surface area contributed by atoms with Gasteiger partial charge in [0.25, 0.3) is 11.8 Å². The molecular formula is C21H18F3N3O4. The first-order valence-corrected chi connectivity index (χ1v) is 9.90. The van der Waals surface area contributed by atoms with Crippen LogP contribution in [0.1, 0.15) is 45.7 Å². The van der Waals surface area contributed by atoms with Crippen LogP contribution in [-0.4, -0.2) is 38.5 Å². The van der Waals surface area contributed by atoms with E-state index in [-0.39, 0.29) is 11.2 Å². The number of carbonyl (C=O) groups is 2. The van der Waals surface area contributed by atoms with Gasteiger partial charge in [-0.15, -0.1) is 0 Å². The zero-order valence-electron chi connectivity index (χ0n) is 16.3. The Morgan fingerprint density at radius 1 is 1.23 bits per heavy atom. The monoisotopic (exact) mass is 433 g/mol. The van der Waals surface area contributed by atoms with Gasteiger partial charge in [0.2, 0.25) is 5.43 Å². The molecule has 2 aromatic rings. The number of benzene rings is 1. The Morgan fingerprint density at radius 3 is 2.61 bits per heavy atom. The van der Waals surface area contributed by atoms with Crippen molar-refractivity contribution in [3.63, 3.8) is 0 Å². The summed E-state index contributed by atoms with van der Waals surface area (Å²) >= 11 is 0. The second-order valence-electron chi connectivity index (χ2n) is 8.48. The maximum absolute atomic E-state index is 13.8. The number of hydrogen-bond acceptors (Lipinski definition) is 4. The molecule has 31 heavy (non-hydrogen) atoms. The van der Waals surface area contributed by atoms with E-state index >= 15 is 0 Å². The molecule has 162 valence electrons. The Kier molecular flexibility index (Phi) is 4.18. The van der Waals surface area contributed by atoms with Crippen LogP contribution in [0.3, 0.4) is 0 Å². The molecule has 0 radical (unpaired) electrons. The van der Waals surface area contributed by atoms with E-state index in [1.807, 2.05) is 0 Å². The smallest absolute Gasteiger partial charge is 0.275 e. The summed E-state index contributed by atoms with van der Waals surface area (Å²) in [5.74, 6) is -5.30. The third-order valence-corrected chi connectivity index (χ3v) is 6.64. The summed E-state index contributed by atoms with van der Waals surface area (Å²) in [7, 11) is 0. The number of aromatic nitrogens is 1. The molecule has 10 heteroatoms. The highest BCUT2D eigenvalue weighted by molar-refractivity contribution is 5.99. The summed E-state index contributed by atoms with van der Waals surface area (Å²) in [6.45, 7) is 0.306. The number of aromatic hydroxyl groups is 1. The van der Waals surface area contributed by atoms with Gasteiger partial charge >= 0.3 is 0 Å². The first kappa shape index (κ1) is 19.7. The van der Waals surface area contributed by atoms with Gasteiger partial charge in [-0.1, -0.05) is 0 Å². The van der Waals surface area contributed by atoms with Crippen LogP contribution < -0.4 is 10.7 Å². The van der Waals surface area contributed by atoms with Gasteiger partial charge in [-0.3, -0.25) is 14.4 Å². The van der Waals surface area contributed by atoms with E-state index in [1.54, 1.807) is 4.90 Å². The fourth-order valence-corrected chi connectivity index (χ4v) is 5.20. The summed E-state index contributed by atoms with van der Waals surface area (Å²) in [6.07, 6.45) is 3.84. The molecule has 1 saturated heterocycles. The lowest BCUT2D eigenvalue weighted by molar-refractivity contribution is 0.0397. The molecule has 1 aromatic heterocycles. The van der Waals surface area contributed by atoms with Gasteiger partial charge in [0, 0.05) is 43.5 Å². The van der Waals surface area contributed by atoms with Gasteiger partial charge in [0.05, 0.1) is 5.54 Å². The molecule has 1 aliphatic carbocycles. The van der Waals surface area contributed by atoms with Crippen LogP contribution >= 0.6 is 0 Å². The Labute approximate surface area is 174 Å². The van der Waals surface area contributed by atoms with Crippen LogP contribution in [-0.2, 0) is 13.1 Å². The summed E-state index contributed by atoms with van der Waals surface area (Å²) in [5, 5.41) is 12.6. The van der Waals surface area contributed by atoms with Gasteiger partial charge in [0.15, 0.2) is 11.4 Å². The number of carbonyl (C=O) groups excluding carboxylic acids is 2. The molecule has 1 saturated carbocycles. The lowest BCUT2D eigenvalue weighted by atomic mass is 9.93. The highest BCUT2D eigenvalue weighted by atomic mass is 19.1. The summed E-state index contributed by atoms with van der Waals surface area (Å²) in [5.41, 5.74) is -2.60. The van der Waals surface area contributed by atoms with Crippen LogP contribution in [0.15, 0.2) is 23.1 Å². The standard InChI is InChI=1S/C21H18F3N3O4/c22-11-3-14(23)12(15(24)4-11)6-25-19(30)13-8-26-9-21-2-1-10(5-21)7-27(21)20(31)16(26)18(29)17(13)28/h3-4,8,10,29H,1-2,5-7,9H2,(H,25,30)/t10-,21?/m1/s1. The number of rotatable bonds is 3. The largest absolute Gasteiger partial charge is 0.503 e. The lowest BCUT2D eigenvalue weighted by Crippen LogP contribution is -2.55. The van der Waals surface area contributed by atoms with Crippen molar-refractivity contribution in [3.05, 3.63) is 62.8 Å². The molecule has 1 spiro atoms. The Morgan fingerprint density at radius 2 is 1.94 bits per heavy atom. The molecule has 2 aliphatic heterocycles. The molecule has 7 nitrogen and oxygen atoms in total. The minimum Gasteiger partial charge on any atom is -0.503 e. The van der Waals surface area contributed by atoms with Crippen molar-refractivity contribution in [2.45, 2.75) is 37.9 Å². The topological polar surface area (TPSA) is 91.6 Å². The third-order valence-electron chi connectivity index (χ3n) is 6.64. The van der Waals surface area contributed by atoms with Gasteiger partial charge < -0.3 is 19.9 Å². The number of pyridine rings is 1. The van der Waals surface area contributed by atoms with Crippen molar-refractivity contribution in [3.8, 4) is 5.75 Å². The summed E-state index contributed by atoms with van der Waals surface area (Å²) in [6, 6.07) is 0.967. The molecular weight excluding hydrogens is 415 g/mol. The molecule has 3 heterocycles. The van der Waals surface area contributed by atoms with Crippen LogP contribution in [0.2, 0.25) is 0 Å².